The highest BCUT2D eigenvalue weighted by molar-refractivity contribution is 9.10. The minimum atomic E-state index is -0.0169. The number of thioether (sulfide) groups is 1. The van der Waals surface area contributed by atoms with Gasteiger partial charge in [-0.2, -0.15) is 11.8 Å². The third-order valence-corrected chi connectivity index (χ3v) is 4.61. The lowest BCUT2D eigenvalue weighted by Gasteiger charge is -2.12. The van der Waals surface area contributed by atoms with Crippen LogP contribution in [0.2, 0.25) is 0 Å². The molecule has 0 aliphatic heterocycles. The molecule has 1 saturated carbocycles. The second kappa shape index (κ2) is 5.87. The minimum Gasteiger partial charge on any atom is -0.349 e. The Morgan fingerprint density at radius 3 is 2.94 bits per heavy atom. The molecule has 1 aliphatic carbocycles. The second-order valence-electron chi connectivity index (χ2n) is 4.21. The fourth-order valence-corrected chi connectivity index (χ4v) is 3.10. The molecule has 17 heavy (non-hydrogen) atoms. The number of carbonyl (C=O) groups is 1. The van der Waals surface area contributed by atoms with Crippen molar-refractivity contribution in [2.24, 2.45) is 0 Å². The number of hydrogen-bond donors (Lipinski definition) is 1. The van der Waals surface area contributed by atoms with E-state index in [1.165, 1.54) is 6.42 Å². The van der Waals surface area contributed by atoms with Crippen LogP contribution in [0.25, 0.3) is 0 Å². The minimum absolute atomic E-state index is 0.0169. The van der Waals surface area contributed by atoms with Gasteiger partial charge in [-0.25, -0.2) is 4.98 Å². The number of nitrogens with one attached hydrogen (secondary N) is 1. The van der Waals surface area contributed by atoms with E-state index in [2.05, 4.69) is 32.5 Å². The molecular formula is C12H15BrN2OS. The van der Waals surface area contributed by atoms with Gasteiger partial charge in [0.25, 0.3) is 5.91 Å². The SMILES string of the molecule is CSC1CCC(NC(=O)c2ccc(Br)nc2)C1. The first-order valence-electron chi connectivity index (χ1n) is 5.64. The van der Waals surface area contributed by atoms with Crippen molar-refractivity contribution in [2.45, 2.75) is 30.6 Å². The number of hydrogen-bond acceptors (Lipinski definition) is 3. The van der Waals surface area contributed by atoms with E-state index >= 15 is 0 Å². The summed E-state index contributed by atoms with van der Waals surface area (Å²) in [5.74, 6) is -0.0169. The number of pyridine rings is 1. The highest BCUT2D eigenvalue weighted by Crippen LogP contribution is 2.28. The monoisotopic (exact) mass is 314 g/mol. The largest absolute Gasteiger partial charge is 0.349 e. The van der Waals surface area contributed by atoms with Gasteiger partial charge in [0, 0.05) is 17.5 Å². The lowest BCUT2D eigenvalue weighted by atomic mass is 10.2. The average Bonchev–Trinajstić information content (AvgIpc) is 2.77. The van der Waals surface area contributed by atoms with Gasteiger partial charge in [0.2, 0.25) is 0 Å². The van der Waals surface area contributed by atoms with Crippen LogP contribution in [0.1, 0.15) is 29.6 Å². The Morgan fingerprint density at radius 1 is 1.53 bits per heavy atom. The van der Waals surface area contributed by atoms with Crippen molar-refractivity contribution in [3.05, 3.63) is 28.5 Å². The first-order valence-corrected chi connectivity index (χ1v) is 7.72. The molecule has 0 spiro atoms. The zero-order valence-corrected chi connectivity index (χ0v) is 12.1. The third-order valence-electron chi connectivity index (χ3n) is 3.04. The molecule has 0 radical (unpaired) electrons. The molecule has 1 fully saturated rings. The predicted octanol–water partition coefficient (Wildman–Crippen LogP) is 2.86. The van der Waals surface area contributed by atoms with Crippen LogP contribution in [-0.4, -0.2) is 28.4 Å². The number of nitrogens with zero attached hydrogens (tertiary/aromatic N) is 1. The van der Waals surface area contributed by atoms with Crippen molar-refractivity contribution in [1.82, 2.24) is 10.3 Å². The van der Waals surface area contributed by atoms with E-state index in [-0.39, 0.29) is 5.91 Å². The van der Waals surface area contributed by atoms with Gasteiger partial charge in [-0.3, -0.25) is 4.79 Å². The Morgan fingerprint density at radius 2 is 2.35 bits per heavy atom. The zero-order valence-electron chi connectivity index (χ0n) is 9.65. The Bertz CT molecular complexity index is 396. The Hall–Kier alpha value is -0.550. The summed E-state index contributed by atoms with van der Waals surface area (Å²) in [6.45, 7) is 0. The molecule has 1 N–H and O–H groups in total. The van der Waals surface area contributed by atoms with Crippen molar-refractivity contribution in [1.29, 1.82) is 0 Å². The summed E-state index contributed by atoms with van der Waals surface area (Å²) >= 11 is 5.15. The van der Waals surface area contributed by atoms with Crippen LogP contribution in [-0.2, 0) is 0 Å². The molecule has 1 aromatic rings. The van der Waals surface area contributed by atoms with Crippen molar-refractivity contribution >= 4 is 33.6 Å². The van der Waals surface area contributed by atoms with Gasteiger partial charge in [0.15, 0.2) is 0 Å². The second-order valence-corrected chi connectivity index (χ2v) is 6.16. The van der Waals surface area contributed by atoms with Crippen LogP contribution in [0.15, 0.2) is 22.9 Å². The average molecular weight is 315 g/mol. The van der Waals surface area contributed by atoms with Gasteiger partial charge in [0.1, 0.15) is 4.60 Å². The van der Waals surface area contributed by atoms with Gasteiger partial charge in [-0.1, -0.05) is 0 Å². The van der Waals surface area contributed by atoms with E-state index in [4.69, 9.17) is 0 Å². The number of rotatable bonds is 3. The van der Waals surface area contributed by atoms with Gasteiger partial charge < -0.3 is 5.32 Å². The van der Waals surface area contributed by atoms with Crippen molar-refractivity contribution < 1.29 is 4.79 Å². The van der Waals surface area contributed by atoms with Crippen molar-refractivity contribution in [2.75, 3.05) is 6.26 Å². The lowest BCUT2D eigenvalue weighted by molar-refractivity contribution is 0.0937. The van der Waals surface area contributed by atoms with E-state index < -0.39 is 0 Å². The van der Waals surface area contributed by atoms with Crippen molar-refractivity contribution in [3.63, 3.8) is 0 Å². The molecule has 1 aliphatic rings. The first kappa shape index (κ1) is 12.9. The molecule has 92 valence electrons. The maximum Gasteiger partial charge on any atom is 0.253 e. The maximum atomic E-state index is 11.9. The molecule has 3 nitrogen and oxygen atoms in total. The highest BCUT2D eigenvalue weighted by Gasteiger charge is 2.25. The number of aromatic nitrogens is 1. The van der Waals surface area contributed by atoms with Crippen LogP contribution in [0.5, 0.6) is 0 Å². The summed E-state index contributed by atoms with van der Waals surface area (Å²) in [5.41, 5.74) is 0.626. The summed E-state index contributed by atoms with van der Waals surface area (Å²) in [5, 5.41) is 3.77. The standard InChI is InChI=1S/C12H15BrN2OS/c1-17-10-4-3-9(6-10)15-12(16)8-2-5-11(13)14-7-8/h2,5,7,9-10H,3-4,6H2,1H3,(H,15,16). The van der Waals surface area contributed by atoms with E-state index in [1.54, 1.807) is 18.3 Å². The van der Waals surface area contributed by atoms with Crippen LogP contribution in [0.4, 0.5) is 0 Å². The zero-order chi connectivity index (χ0) is 12.3. The Kier molecular flexibility index (Phi) is 4.45. The predicted molar refractivity (Wildman–Crippen MR) is 74.3 cm³/mol. The van der Waals surface area contributed by atoms with E-state index in [0.717, 1.165) is 17.4 Å². The molecule has 1 aromatic heterocycles. The normalized spacial score (nSPS) is 23.6. The first-order chi connectivity index (χ1) is 8.19. The van der Waals surface area contributed by atoms with Crippen molar-refractivity contribution in [3.8, 4) is 0 Å². The van der Waals surface area contributed by atoms with E-state index in [9.17, 15) is 4.79 Å². The Labute approximate surface area is 114 Å². The van der Waals surface area contributed by atoms with Crippen LogP contribution in [0, 0.1) is 0 Å². The van der Waals surface area contributed by atoms with Crippen LogP contribution >= 0.6 is 27.7 Å². The van der Waals surface area contributed by atoms with E-state index in [0.29, 0.717) is 16.9 Å². The summed E-state index contributed by atoms with van der Waals surface area (Å²) < 4.78 is 0.748. The quantitative estimate of drug-likeness (QED) is 0.872. The van der Waals surface area contributed by atoms with Crippen LogP contribution in [0.3, 0.4) is 0 Å². The molecule has 0 aromatic carbocycles. The molecule has 5 heteroatoms. The summed E-state index contributed by atoms with van der Waals surface area (Å²) in [6, 6.07) is 3.89. The molecule has 2 unspecified atom stereocenters. The number of carbonyl (C=O) groups excluding carboxylic acids is 1. The van der Waals surface area contributed by atoms with Crippen LogP contribution < -0.4 is 5.32 Å². The number of amides is 1. The highest BCUT2D eigenvalue weighted by atomic mass is 79.9. The Balaban J connectivity index is 1.91. The lowest BCUT2D eigenvalue weighted by Crippen LogP contribution is -2.33. The topological polar surface area (TPSA) is 42.0 Å². The fourth-order valence-electron chi connectivity index (χ4n) is 2.06. The summed E-state index contributed by atoms with van der Waals surface area (Å²) in [6.07, 6.45) is 7.09. The molecule has 2 atom stereocenters. The molecule has 2 rings (SSSR count). The fraction of sp³-hybridized carbons (Fsp3) is 0.500. The summed E-state index contributed by atoms with van der Waals surface area (Å²) in [4.78, 5) is 16.0. The molecule has 1 amide bonds. The molecule has 1 heterocycles. The molecular weight excluding hydrogens is 300 g/mol. The third kappa shape index (κ3) is 3.45. The van der Waals surface area contributed by atoms with E-state index in [1.807, 2.05) is 11.8 Å². The van der Waals surface area contributed by atoms with Gasteiger partial charge in [0.05, 0.1) is 5.56 Å². The summed E-state index contributed by atoms with van der Waals surface area (Å²) in [7, 11) is 0. The smallest absolute Gasteiger partial charge is 0.253 e. The van der Waals surface area contributed by atoms with Gasteiger partial charge in [-0.05, 0) is 53.6 Å². The van der Waals surface area contributed by atoms with Gasteiger partial charge in [-0.15, -0.1) is 0 Å². The number of halogens is 1. The molecule has 0 saturated heterocycles. The maximum absolute atomic E-state index is 11.9. The van der Waals surface area contributed by atoms with Gasteiger partial charge >= 0.3 is 0 Å². The molecule has 0 bridgehead atoms.